The molecule has 1 amide bonds. The highest BCUT2D eigenvalue weighted by atomic mass is 32.2. The molecule has 7 nitrogen and oxygen atoms in total. The quantitative estimate of drug-likeness (QED) is 0.570. The summed E-state index contributed by atoms with van der Waals surface area (Å²) >= 11 is 0. The van der Waals surface area contributed by atoms with Gasteiger partial charge in [-0.2, -0.15) is 5.10 Å². The van der Waals surface area contributed by atoms with Crippen LogP contribution in [0.5, 0.6) is 5.75 Å². The predicted octanol–water partition coefficient (Wildman–Crippen LogP) is 0.803. The minimum absolute atomic E-state index is 0.0899. The molecule has 0 bridgehead atoms. The van der Waals surface area contributed by atoms with Gasteiger partial charge in [-0.05, 0) is 42.0 Å². The lowest BCUT2D eigenvalue weighted by molar-refractivity contribution is 0.0952. The first kappa shape index (κ1) is 15.7. The molecule has 0 spiro atoms. The van der Waals surface area contributed by atoms with E-state index in [9.17, 15) is 13.2 Å². The number of phenolic OH excluding ortho intramolecular Hbond substituents is 1. The Hall–Kier alpha value is -2.71. The number of phenols is 1. The number of sulfonamides is 1. The molecular formula is C14H13N3O4S. The molecule has 0 radical (unpaired) electrons. The number of nitrogens with zero attached hydrogens (tertiary/aromatic N) is 1. The largest absolute Gasteiger partial charge is 0.508 e. The Kier molecular flexibility index (Phi) is 4.54. The number of hydrogen-bond donors (Lipinski definition) is 3. The summed E-state index contributed by atoms with van der Waals surface area (Å²) in [7, 11) is -4.00. The molecule has 8 heteroatoms. The number of carbonyl (C=O) groups excluding carboxylic acids is 1. The number of aromatic hydroxyl groups is 1. The third-order valence-corrected chi connectivity index (χ3v) is 3.68. The maximum absolute atomic E-state index is 12.0. The minimum atomic E-state index is -4.00. The van der Waals surface area contributed by atoms with Crippen molar-refractivity contribution in [2.24, 2.45) is 10.2 Å². The van der Waals surface area contributed by atoms with E-state index in [0.29, 0.717) is 5.56 Å². The Labute approximate surface area is 127 Å². The van der Waals surface area contributed by atoms with E-state index in [1.807, 2.05) is 0 Å². The van der Waals surface area contributed by atoms with Gasteiger partial charge in [0.1, 0.15) is 5.75 Å². The van der Waals surface area contributed by atoms with Gasteiger partial charge in [0.25, 0.3) is 5.91 Å². The average molecular weight is 319 g/mol. The maximum Gasteiger partial charge on any atom is 0.272 e. The number of nitrogens with two attached hydrogens (primary N) is 1. The molecule has 2 aromatic rings. The number of hydrogen-bond acceptors (Lipinski definition) is 5. The van der Waals surface area contributed by atoms with Crippen LogP contribution in [0.3, 0.4) is 0 Å². The third kappa shape index (κ3) is 3.90. The molecule has 2 rings (SSSR count). The van der Waals surface area contributed by atoms with Crippen molar-refractivity contribution in [2.75, 3.05) is 0 Å². The Balaban J connectivity index is 2.15. The molecule has 0 fully saturated rings. The van der Waals surface area contributed by atoms with Crippen molar-refractivity contribution in [3.05, 3.63) is 59.7 Å². The molecular weight excluding hydrogens is 306 g/mol. The molecule has 0 atom stereocenters. The van der Waals surface area contributed by atoms with Gasteiger partial charge >= 0.3 is 0 Å². The van der Waals surface area contributed by atoms with Gasteiger partial charge in [0.05, 0.1) is 16.7 Å². The van der Waals surface area contributed by atoms with Gasteiger partial charge in [-0.3, -0.25) is 4.79 Å². The second-order valence-corrected chi connectivity index (χ2v) is 5.86. The molecule has 0 aromatic heterocycles. The van der Waals surface area contributed by atoms with Gasteiger partial charge in [0, 0.05) is 0 Å². The number of primary sulfonamides is 1. The van der Waals surface area contributed by atoms with Crippen LogP contribution in [-0.2, 0) is 10.0 Å². The number of nitrogens with one attached hydrogen (secondary N) is 1. The maximum atomic E-state index is 12.0. The zero-order valence-corrected chi connectivity index (χ0v) is 12.1. The van der Waals surface area contributed by atoms with Crippen LogP contribution in [0.15, 0.2) is 58.5 Å². The van der Waals surface area contributed by atoms with Crippen LogP contribution in [0, 0.1) is 0 Å². The average Bonchev–Trinajstić information content (AvgIpc) is 2.48. The first-order valence-corrected chi connectivity index (χ1v) is 7.67. The van der Waals surface area contributed by atoms with Gasteiger partial charge in [0.2, 0.25) is 10.0 Å². The predicted molar refractivity (Wildman–Crippen MR) is 81.0 cm³/mol. The highest BCUT2D eigenvalue weighted by Crippen LogP contribution is 2.13. The van der Waals surface area contributed by atoms with E-state index >= 15 is 0 Å². The first-order valence-electron chi connectivity index (χ1n) is 6.12. The molecule has 4 N–H and O–H groups in total. The SMILES string of the molecule is NS(=O)(=O)c1ccccc1C(=O)N/N=C/c1ccc(O)cc1. The fourth-order valence-corrected chi connectivity index (χ4v) is 2.42. The van der Waals surface area contributed by atoms with Crippen LogP contribution in [0.2, 0.25) is 0 Å². The van der Waals surface area contributed by atoms with Crippen molar-refractivity contribution in [1.82, 2.24) is 5.43 Å². The highest BCUT2D eigenvalue weighted by molar-refractivity contribution is 7.89. The summed E-state index contributed by atoms with van der Waals surface area (Å²) in [5.74, 6) is -0.581. The van der Waals surface area contributed by atoms with Gasteiger partial charge in [-0.1, -0.05) is 12.1 Å². The van der Waals surface area contributed by atoms with E-state index < -0.39 is 15.9 Å². The lowest BCUT2D eigenvalue weighted by Gasteiger charge is -2.05. The van der Waals surface area contributed by atoms with Crippen LogP contribution in [0.25, 0.3) is 0 Å². The monoisotopic (exact) mass is 319 g/mol. The van der Waals surface area contributed by atoms with Crippen LogP contribution in [-0.4, -0.2) is 25.6 Å². The third-order valence-electron chi connectivity index (χ3n) is 2.71. The van der Waals surface area contributed by atoms with E-state index in [2.05, 4.69) is 10.5 Å². The number of carbonyl (C=O) groups is 1. The van der Waals surface area contributed by atoms with Crippen LogP contribution >= 0.6 is 0 Å². The van der Waals surface area contributed by atoms with E-state index in [0.717, 1.165) is 0 Å². The van der Waals surface area contributed by atoms with E-state index in [1.165, 1.54) is 42.6 Å². The number of rotatable bonds is 4. The molecule has 0 heterocycles. The van der Waals surface area contributed by atoms with Gasteiger partial charge in [-0.15, -0.1) is 0 Å². The zero-order chi connectivity index (χ0) is 16.2. The van der Waals surface area contributed by atoms with Crippen molar-refractivity contribution in [3.8, 4) is 5.75 Å². The van der Waals surface area contributed by atoms with Gasteiger partial charge < -0.3 is 5.11 Å². The molecule has 22 heavy (non-hydrogen) atoms. The number of amides is 1. The molecule has 0 saturated heterocycles. The second kappa shape index (κ2) is 6.37. The summed E-state index contributed by atoms with van der Waals surface area (Å²) in [6, 6.07) is 11.7. The van der Waals surface area contributed by atoms with Gasteiger partial charge in [-0.25, -0.2) is 19.0 Å². The van der Waals surface area contributed by atoms with Crippen molar-refractivity contribution in [2.45, 2.75) is 4.90 Å². The molecule has 114 valence electrons. The van der Waals surface area contributed by atoms with Crippen molar-refractivity contribution in [3.63, 3.8) is 0 Å². The van der Waals surface area contributed by atoms with Crippen LogP contribution in [0.1, 0.15) is 15.9 Å². The highest BCUT2D eigenvalue weighted by Gasteiger charge is 2.18. The zero-order valence-electron chi connectivity index (χ0n) is 11.3. The molecule has 0 aliphatic carbocycles. The molecule has 0 aliphatic heterocycles. The van der Waals surface area contributed by atoms with Crippen LogP contribution < -0.4 is 10.6 Å². The van der Waals surface area contributed by atoms with E-state index in [-0.39, 0.29) is 16.2 Å². The standard InChI is InChI=1S/C14H13N3O4S/c15-22(20,21)13-4-2-1-3-12(13)14(19)17-16-9-10-5-7-11(18)8-6-10/h1-9,18H,(H,17,19)(H2,15,20,21)/b16-9+. The van der Waals surface area contributed by atoms with E-state index in [1.54, 1.807) is 12.1 Å². The molecule has 0 unspecified atom stereocenters. The Bertz CT molecular complexity index is 814. The Morgan fingerprint density at radius 1 is 1.14 bits per heavy atom. The van der Waals surface area contributed by atoms with Crippen molar-refractivity contribution < 1.29 is 18.3 Å². The summed E-state index contributed by atoms with van der Waals surface area (Å²) in [6.45, 7) is 0. The molecule has 0 saturated carbocycles. The summed E-state index contributed by atoms with van der Waals surface area (Å²) in [4.78, 5) is 11.7. The minimum Gasteiger partial charge on any atom is -0.508 e. The number of benzene rings is 2. The second-order valence-electron chi connectivity index (χ2n) is 4.33. The Morgan fingerprint density at radius 2 is 1.77 bits per heavy atom. The summed E-state index contributed by atoms with van der Waals surface area (Å²) in [5.41, 5.74) is 2.78. The van der Waals surface area contributed by atoms with Crippen molar-refractivity contribution in [1.29, 1.82) is 0 Å². The normalized spacial score (nSPS) is 11.5. The summed E-state index contributed by atoms with van der Waals surface area (Å²) in [6.07, 6.45) is 1.36. The summed E-state index contributed by atoms with van der Waals surface area (Å²) < 4.78 is 22.8. The molecule has 0 aliphatic rings. The number of hydrazone groups is 1. The molecule has 2 aromatic carbocycles. The lowest BCUT2D eigenvalue weighted by Crippen LogP contribution is -2.23. The summed E-state index contributed by atoms with van der Waals surface area (Å²) in [5, 5.41) is 17.9. The fourth-order valence-electron chi connectivity index (χ4n) is 1.69. The smallest absolute Gasteiger partial charge is 0.272 e. The Morgan fingerprint density at radius 3 is 2.41 bits per heavy atom. The van der Waals surface area contributed by atoms with Gasteiger partial charge in [0.15, 0.2) is 0 Å². The van der Waals surface area contributed by atoms with Crippen molar-refractivity contribution >= 4 is 22.1 Å². The first-order chi connectivity index (χ1) is 10.4. The van der Waals surface area contributed by atoms with E-state index in [4.69, 9.17) is 10.2 Å². The van der Waals surface area contributed by atoms with Crippen LogP contribution in [0.4, 0.5) is 0 Å². The lowest BCUT2D eigenvalue weighted by atomic mass is 10.2. The fraction of sp³-hybridized carbons (Fsp3) is 0. The topological polar surface area (TPSA) is 122 Å².